The van der Waals surface area contributed by atoms with Gasteiger partial charge in [-0.3, -0.25) is 9.36 Å². The fraction of sp³-hybridized carbons (Fsp3) is 0.286. The van der Waals surface area contributed by atoms with Crippen LogP contribution in [0.4, 0.5) is 0 Å². The summed E-state index contributed by atoms with van der Waals surface area (Å²) in [7, 11) is 1.60. The van der Waals surface area contributed by atoms with Gasteiger partial charge in [0, 0.05) is 18.5 Å². The fourth-order valence-corrected chi connectivity index (χ4v) is 2.55. The number of methoxy groups -OCH3 is 1. The maximum absolute atomic E-state index is 12.6. The minimum Gasteiger partial charge on any atom is -0.496 e. The van der Waals surface area contributed by atoms with Gasteiger partial charge in [-0.25, -0.2) is 5.10 Å². The highest BCUT2D eigenvalue weighted by molar-refractivity contribution is 7.71. The molecule has 22 heavy (non-hydrogen) atoms. The van der Waals surface area contributed by atoms with Crippen molar-refractivity contribution in [3.8, 4) is 5.75 Å². The zero-order chi connectivity index (χ0) is 15.7. The Morgan fingerprint density at radius 1 is 1.36 bits per heavy atom. The largest absolute Gasteiger partial charge is 0.496 e. The SMILES string of the molecule is CCn1c(=O)c(Cc2ccccc2OC)nn2c(=S)[nH]nc12. The fourth-order valence-electron chi connectivity index (χ4n) is 2.38. The molecule has 2 heterocycles. The molecule has 0 atom stereocenters. The summed E-state index contributed by atoms with van der Waals surface area (Å²) >= 11 is 5.15. The van der Waals surface area contributed by atoms with Crippen LogP contribution >= 0.6 is 12.2 Å². The molecule has 0 amide bonds. The van der Waals surface area contributed by atoms with Crippen LogP contribution in [-0.4, -0.2) is 31.5 Å². The molecule has 2 aromatic heterocycles. The van der Waals surface area contributed by atoms with Crippen LogP contribution in [0.3, 0.4) is 0 Å². The van der Waals surface area contributed by atoms with Gasteiger partial charge in [0.25, 0.3) is 11.3 Å². The summed E-state index contributed by atoms with van der Waals surface area (Å²) in [5, 5.41) is 11.1. The molecule has 0 fully saturated rings. The lowest BCUT2D eigenvalue weighted by Gasteiger charge is -2.09. The van der Waals surface area contributed by atoms with E-state index in [9.17, 15) is 4.79 Å². The summed E-state index contributed by atoms with van der Waals surface area (Å²) in [6.45, 7) is 2.37. The number of rotatable bonds is 4. The van der Waals surface area contributed by atoms with E-state index < -0.39 is 0 Å². The summed E-state index contributed by atoms with van der Waals surface area (Å²) in [5.74, 6) is 1.14. The van der Waals surface area contributed by atoms with E-state index in [0.717, 1.165) is 11.3 Å². The first kappa shape index (κ1) is 14.5. The van der Waals surface area contributed by atoms with Crippen LogP contribution in [0.25, 0.3) is 5.78 Å². The van der Waals surface area contributed by atoms with Gasteiger partial charge in [-0.05, 0) is 25.2 Å². The number of ether oxygens (including phenoxy) is 1. The molecular weight excluding hydrogens is 302 g/mol. The van der Waals surface area contributed by atoms with Crippen LogP contribution in [0.5, 0.6) is 5.75 Å². The molecule has 0 aliphatic rings. The molecular formula is C14H15N5O2S. The third-order valence-electron chi connectivity index (χ3n) is 3.45. The molecule has 0 aliphatic carbocycles. The minimum absolute atomic E-state index is 0.171. The molecule has 7 nitrogen and oxygen atoms in total. The van der Waals surface area contributed by atoms with E-state index in [0.29, 0.717) is 29.2 Å². The van der Waals surface area contributed by atoms with Crippen molar-refractivity contribution in [3.05, 3.63) is 50.6 Å². The number of H-pyrrole nitrogens is 1. The van der Waals surface area contributed by atoms with Gasteiger partial charge in [0.15, 0.2) is 0 Å². The lowest BCUT2D eigenvalue weighted by molar-refractivity contribution is 0.410. The summed E-state index contributed by atoms with van der Waals surface area (Å²) < 4.78 is 8.71. The third-order valence-corrected chi connectivity index (χ3v) is 3.72. The van der Waals surface area contributed by atoms with Gasteiger partial charge < -0.3 is 4.74 Å². The Morgan fingerprint density at radius 3 is 2.86 bits per heavy atom. The number of aromatic nitrogens is 5. The number of nitrogens with one attached hydrogen (secondary N) is 1. The minimum atomic E-state index is -0.171. The lowest BCUT2D eigenvalue weighted by Crippen LogP contribution is -2.28. The number of fused-ring (bicyclic) bond motifs is 1. The number of hydrogen-bond donors (Lipinski definition) is 1. The normalized spacial score (nSPS) is 11.0. The van der Waals surface area contributed by atoms with Gasteiger partial charge >= 0.3 is 0 Å². The van der Waals surface area contributed by atoms with Crippen molar-refractivity contribution in [2.24, 2.45) is 0 Å². The first-order valence-corrected chi connectivity index (χ1v) is 7.25. The number of para-hydroxylation sites is 1. The Kier molecular flexibility index (Phi) is 3.76. The second-order valence-electron chi connectivity index (χ2n) is 4.73. The predicted molar refractivity (Wildman–Crippen MR) is 83.9 cm³/mol. The highest BCUT2D eigenvalue weighted by Gasteiger charge is 2.14. The van der Waals surface area contributed by atoms with E-state index in [4.69, 9.17) is 17.0 Å². The van der Waals surface area contributed by atoms with E-state index in [-0.39, 0.29) is 5.56 Å². The maximum Gasteiger partial charge on any atom is 0.277 e. The van der Waals surface area contributed by atoms with E-state index in [1.54, 1.807) is 11.7 Å². The Balaban J connectivity index is 2.19. The van der Waals surface area contributed by atoms with Crippen LogP contribution in [0, 0.1) is 4.77 Å². The average Bonchev–Trinajstić information content (AvgIpc) is 2.90. The molecule has 0 aliphatic heterocycles. The van der Waals surface area contributed by atoms with Crippen LogP contribution in [-0.2, 0) is 13.0 Å². The van der Waals surface area contributed by atoms with Crippen molar-refractivity contribution in [1.29, 1.82) is 0 Å². The van der Waals surface area contributed by atoms with E-state index in [1.807, 2.05) is 31.2 Å². The zero-order valence-electron chi connectivity index (χ0n) is 12.2. The Bertz CT molecular complexity index is 940. The van der Waals surface area contributed by atoms with E-state index >= 15 is 0 Å². The van der Waals surface area contributed by atoms with Crippen LogP contribution in [0.1, 0.15) is 18.2 Å². The first-order chi connectivity index (χ1) is 10.7. The molecule has 1 aromatic carbocycles. The molecule has 0 unspecified atom stereocenters. The first-order valence-electron chi connectivity index (χ1n) is 6.84. The Hall–Kier alpha value is -2.48. The van der Waals surface area contributed by atoms with E-state index in [2.05, 4.69) is 15.3 Å². The van der Waals surface area contributed by atoms with Gasteiger partial charge in [-0.15, -0.1) is 5.10 Å². The molecule has 0 radical (unpaired) electrons. The van der Waals surface area contributed by atoms with Gasteiger partial charge in [0.2, 0.25) is 4.77 Å². The van der Waals surface area contributed by atoms with Gasteiger partial charge in [-0.2, -0.15) is 9.61 Å². The van der Waals surface area contributed by atoms with Gasteiger partial charge in [0.1, 0.15) is 11.4 Å². The summed E-state index contributed by atoms with van der Waals surface area (Å²) in [6, 6.07) is 7.55. The molecule has 0 spiro atoms. The van der Waals surface area contributed by atoms with E-state index in [1.165, 1.54) is 4.52 Å². The zero-order valence-corrected chi connectivity index (χ0v) is 13.1. The number of aromatic amines is 1. The number of aryl methyl sites for hydroxylation is 1. The van der Waals surface area contributed by atoms with Crippen molar-refractivity contribution in [2.75, 3.05) is 7.11 Å². The summed E-state index contributed by atoms with van der Waals surface area (Å²) in [4.78, 5) is 12.6. The molecule has 114 valence electrons. The standard InChI is InChI=1S/C14H15N5O2S/c1-3-18-12(20)10(17-19-13(18)15-16-14(19)22)8-9-6-4-5-7-11(9)21-2/h4-7H,3,8H2,1-2H3,(H,16,22). The topological polar surface area (TPSA) is 77.2 Å². The molecule has 3 rings (SSSR count). The number of hydrogen-bond acceptors (Lipinski definition) is 5. The van der Waals surface area contributed by atoms with Crippen molar-refractivity contribution >= 4 is 18.0 Å². The quantitative estimate of drug-likeness (QED) is 0.739. The van der Waals surface area contributed by atoms with Gasteiger partial charge in [0.05, 0.1) is 7.11 Å². The monoisotopic (exact) mass is 317 g/mol. The average molecular weight is 317 g/mol. The van der Waals surface area contributed by atoms with Crippen LogP contribution < -0.4 is 10.3 Å². The molecule has 3 aromatic rings. The molecule has 0 bridgehead atoms. The number of benzene rings is 1. The van der Waals surface area contributed by atoms with Crippen molar-refractivity contribution in [3.63, 3.8) is 0 Å². The van der Waals surface area contributed by atoms with Crippen LogP contribution in [0.15, 0.2) is 29.1 Å². The van der Waals surface area contributed by atoms with Crippen molar-refractivity contribution in [2.45, 2.75) is 19.9 Å². The summed E-state index contributed by atoms with van der Waals surface area (Å²) in [6.07, 6.45) is 0.367. The second-order valence-corrected chi connectivity index (χ2v) is 5.11. The highest BCUT2D eigenvalue weighted by atomic mass is 32.1. The molecule has 1 N–H and O–H groups in total. The van der Waals surface area contributed by atoms with Crippen molar-refractivity contribution < 1.29 is 4.74 Å². The maximum atomic E-state index is 12.6. The van der Waals surface area contributed by atoms with Gasteiger partial charge in [-0.1, -0.05) is 18.2 Å². The molecule has 0 saturated heterocycles. The van der Waals surface area contributed by atoms with Crippen molar-refractivity contribution in [1.82, 2.24) is 24.4 Å². The predicted octanol–water partition coefficient (Wildman–Crippen LogP) is 1.57. The smallest absolute Gasteiger partial charge is 0.277 e. The second kappa shape index (κ2) is 5.72. The Morgan fingerprint density at radius 2 is 2.14 bits per heavy atom. The molecule has 0 saturated carbocycles. The molecule has 8 heteroatoms. The number of nitrogens with zero attached hydrogens (tertiary/aromatic N) is 4. The lowest BCUT2D eigenvalue weighted by atomic mass is 10.1. The summed E-state index contributed by atoms with van der Waals surface area (Å²) in [5.41, 5.74) is 1.12. The van der Waals surface area contributed by atoms with Crippen LogP contribution in [0.2, 0.25) is 0 Å². The third kappa shape index (κ3) is 2.31. The highest BCUT2D eigenvalue weighted by Crippen LogP contribution is 2.19. The Labute approximate surface area is 131 Å².